The molecule has 1 aromatic carbocycles. The fourth-order valence-corrected chi connectivity index (χ4v) is 3.66. The van der Waals surface area contributed by atoms with Crippen molar-refractivity contribution in [1.29, 1.82) is 0 Å². The van der Waals surface area contributed by atoms with Crippen molar-refractivity contribution < 1.29 is 14.3 Å². The number of hydrogen-bond donors (Lipinski definition) is 0. The fourth-order valence-electron chi connectivity index (χ4n) is 3.66. The first-order valence-electron chi connectivity index (χ1n) is 9.12. The highest BCUT2D eigenvalue weighted by molar-refractivity contribution is 5.77. The van der Waals surface area contributed by atoms with Gasteiger partial charge < -0.3 is 18.8 Å². The van der Waals surface area contributed by atoms with E-state index in [0.717, 1.165) is 35.6 Å². The zero-order chi connectivity index (χ0) is 18.8. The zero-order valence-corrected chi connectivity index (χ0v) is 15.6. The largest absolute Gasteiger partial charge is 0.493 e. The first kappa shape index (κ1) is 17.4. The number of benzene rings is 1. The Morgan fingerprint density at radius 3 is 2.70 bits per heavy atom. The molecule has 6 heteroatoms. The van der Waals surface area contributed by atoms with E-state index in [2.05, 4.69) is 4.98 Å². The van der Waals surface area contributed by atoms with E-state index >= 15 is 0 Å². The molecule has 1 aliphatic heterocycles. The smallest absolute Gasteiger partial charge is 0.223 e. The Kier molecular flexibility index (Phi) is 4.71. The van der Waals surface area contributed by atoms with Gasteiger partial charge in [-0.3, -0.25) is 4.79 Å². The molecule has 140 valence electrons. The van der Waals surface area contributed by atoms with Crippen molar-refractivity contribution >= 4 is 11.4 Å². The Morgan fingerprint density at radius 1 is 1.15 bits per heavy atom. The van der Waals surface area contributed by atoms with E-state index in [9.17, 15) is 4.79 Å². The summed E-state index contributed by atoms with van der Waals surface area (Å²) in [5.74, 6) is 2.52. The van der Waals surface area contributed by atoms with Gasteiger partial charge in [0, 0.05) is 32.1 Å². The van der Waals surface area contributed by atoms with E-state index < -0.39 is 0 Å². The van der Waals surface area contributed by atoms with Crippen molar-refractivity contribution in [3.63, 3.8) is 0 Å². The molecule has 3 heterocycles. The van der Waals surface area contributed by atoms with Gasteiger partial charge in [-0.25, -0.2) is 4.98 Å². The molecule has 0 radical (unpaired) electrons. The maximum absolute atomic E-state index is 12.7. The number of hydrogen-bond acceptors (Lipinski definition) is 4. The third kappa shape index (κ3) is 3.35. The van der Waals surface area contributed by atoms with Gasteiger partial charge in [-0.15, -0.1) is 0 Å². The van der Waals surface area contributed by atoms with Crippen LogP contribution in [0.5, 0.6) is 11.5 Å². The Morgan fingerprint density at radius 2 is 1.93 bits per heavy atom. The molecule has 0 saturated carbocycles. The third-order valence-corrected chi connectivity index (χ3v) is 5.15. The number of aryl methyl sites for hydroxylation is 1. The monoisotopic (exact) mass is 365 g/mol. The number of aromatic nitrogens is 2. The first-order chi connectivity index (χ1) is 13.2. The minimum atomic E-state index is 0.156. The van der Waals surface area contributed by atoms with E-state index in [1.165, 1.54) is 5.56 Å². The molecular formula is C21H23N3O3. The topological polar surface area (TPSA) is 56.1 Å². The van der Waals surface area contributed by atoms with Crippen LogP contribution >= 0.6 is 0 Å². The lowest BCUT2D eigenvalue weighted by Gasteiger charge is -2.29. The number of carbonyl (C=O) groups excluding carboxylic acids is 1. The molecular weight excluding hydrogens is 342 g/mol. The molecule has 4 rings (SSSR count). The van der Waals surface area contributed by atoms with Crippen molar-refractivity contribution in [2.24, 2.45) is 0 Å². The Balaban J connectivity index is 1.45. The lowest BCUT2D eigenvalue weighted by molar-refractivity contribution is -0.132. The molecule has 1 aliphatic rings. The predicted octanol–water partition coefficient (Wildman–Crippen LogP) is 2.87. The van der Waals surface area contributed by atoms with Crippen molar-refractivity contribution in [3.8, 4) is 11.5 Å². The summed E-state index contributed by atoms with van der Waals surface area (Å²) >= 11 is 0. The minimum Gasteiger partial charge on any atom is -0.493 e. The molecule has 0 bridgehead atoms. The molecule has 0 N–H and O–H groups in total. The highest BCUT2D eigenvalue weighted by atomic mass is 16.5. The van der Waals surface area contributed by atoms with Gasteiger partial charge in [-0.2, -0.15) is 0 Å². The lowest BCUT2D eigenvalue weighted by atomic mass is 9.98. The van der Waals surface area contributed by atoms with Crippen molar-refractivity contribution in [1.82, 2.24) is 14.3 Å². The standard InChI is InChI=1S/C21H23N3O3/c1-26-18-11-15-8-10-23(14-16(15)12-19(18)27-2)21(25)7-6-20-22-13-17-5-3-4-9-24(17)20/h3-5,9,11-13H,6-8,10,14H2,1-2H3. The number of fused-ring (bicyclic) bond motifs is 2. The van der Waals surface area contributed by atoms with Crippen LogP contribution in [0.15, 0.2) is 42.7 Å². The van der Waals surface area contributed by atoms with E-state index in [-0.39, 0.29) is 5.91 Å². The second-order valence-electron chi connectivity index (χ2n) is 6.71. The van der Waals surface area contributed by atoms with Crippen LogP contribution in [0.2, 0.25) is 0 Å². The maximum Gasteiger partial charge on any atom is 0.223 e. The summed E-state index contributed by atoms with van der Waals surface area (Å²) in [6, 6.07) is 9.98. The van der Waals surface area contributed by atoms with Crippen LogP contribution in [0, 0.1) is 0 Å². The quantitative estimate of drug-likeness (QED) is 0.698. The van der Waals surface area contributed by atoms with E-state index in [1.807, 2.05) is 52.0 Å². The molecule has 1 amide bonds. The molecule has 2 aromatic heterocycles. The average molecular weight is 365 g/mol. The summed E-state index contributed by atoms with van der Waals surface area (Å²) < 4.78 is 12.8. The number of carbonyl (C=O) groups is 1. The molecule has 3 aromatic rings. The highest BCUT2D eigenvalue weighted by Crippen LogP contribution is 2.33. The summed E-state index contributed by atoms with van der Waals surface area (Å²) in [4.78, 5) is 19.1. The van der Waals surface area contributed by atoms with Crippen LogP contribution in [-0.2, 0) is 24.2 Å². The van der Waals surface area contributed by atoms with Gasteiger partial charge in [0.1, 0.15) is 5.82 Å². The zero-order valence-electron chi connectivity index (χ0n) is 15.6. The van der Waals surface area contributed by atoms with Gasteiger partial charge in [-0.05, 0) is 41.8 Å². The highest BCUT2D eigenvalue weighted by Gasteiger charge is 2.23. The van der Waals surface area contributed by atoms with Crippen LogP contribution in [-0.4, -0.2) is 41.0 Å². The lowest BCUT2D eigenvalue weighted by Crippen LogP contribution is -2.36. The van der Waals surface area contributed by atoms with Crippen LogP contribution in [0.25, 0.3) is 5.52 Å². The summed E-state index contributed by atoms with van der Waals surface area (Å²) in [5, 5.41) is 0. The van der Waals surface area contributed by atoms with Gasteiger partial charge in [0.2, 0.25) is 5.91 Å². The molecule has 27 heavy (non-hydrogen) atoms. The van der Waals surface area contributed by atoms with Gasteiger partial charge in [0.15, 0.2) is 11.5 Å². The van der Waals surface area contributed by atoms with E-state index in [0.29, 0.717) is 25.1 Å². The van der Waals surface area contributed by atoms with Crippen LogP contribution in [0.4, 0.5) is 0 Å². The molecule has 0 aliphatic carbocycles. The molecule has 0 spiro atoms. The Hall–Kier alpha value is -3.02. The second kappa shape index (κ2) is 7.31. The molecule has 0 unspecified atom stereocenters. The van der Waals surface area contributed by atoms with E-state index in [1.54, 1.807) is 14.2 Å². The molecule has 0 fully saturated rings. The van der Waals surface area contributed by atoms with Crippen molar-refractivity contribution in [3.05, 3.63) is 59.7 Å². The van der Waals surface area contributed by atoms with E-state index in [4.69, 9.17) is 9.47 Å². The van der Waals surface area contributed by atoms with Crippen LogP contribution in [0.1, 0.15) is 23.4 Å². The van der Waals surface area contributed by atoms with Gasteiger partial charge in [-0.1, -0.05) is 6.07 Å². The van der Waals surface area contributed by atoms with Gasteiger partial charge in [0.25, 0.3) is 0 Å². The summed E-state index contributed by atoms with van der Waals surface area (Å²) in [6.07, 6.45) is 5.74. The second-order valence-corrected chi connectivity index (χ2v) is 6.71. The minimum absolute atomic E-state index is 0.156. The number of rotatable bonds is 5. The van der Waals surface area contributed by atoms with Crippen LogP contribution < -0.4 is 9.47 Å². The predicted molar refractivity (Wildman–Crippen MR) is 102 cm³/mol. The third-order valence-electron chi connectivity index (χ3n) is 5.15. The number of nitrogens with zero attached hydrogens (tertiary/aromatic N) is 3. The SMILES string of the molecule is COc1cc2c(cc1OC)CN(C(=O)CCc1ncc3ccccn13)CC2. The fraction of sp³-hybridized carbons (Fsp3) is 0.333. The van der Waals surface area contributed by atoms with Crippen molar-refractivity contribution in [2.45, 2.75) is 25.8 Å². The van der Waals surface area contributed by atoms with Gasteiger partial charge in [0.05, 0.1) is 25.9 Å². The number of imidazole rings is 1. The average Bonchev–Trinajstić information content (AvgIpc) is 3.13. The summed E-state index contributed by atoms with van der Waals surface area (Å²) in [7, 11) is 3.27. The van der Waals surface area contributed by atoms with Gasteiger partial charge >= 0.3 is 0 Å². The summed E-state index contributed by atoms with van der Waals surface area (Å²) in [6.45, 7) is 1.33. The number of ether oxygens (including phenoxy) is 2. The Labute approximate surface area is 158 Å². The molecule has 0 saturated heterocycles. The maximum atomic E-state index is 12.7. The van der Waals surface area contributed by atoms with Crippen molar-refractivity contribution in [2.75, 3.05) is 20.8 Å². The molecule has 6 nitrogen and oxygen atoms in total. The Bertz CT molecular complexity index is 980. The number of amides is 1. The normalized spacial score (nSPS) is 13.5. The number of methoxy groups -OCH3 is 2. The number of pyridine rings is 1. The summed E-state index contributed by atoms with van der Waals surface area (Å²) in [5.41, 5.74) is 3.39. The van der Waals surface area contributed by atoms with Crippen LogP contribution in [0.3, 0.4) is 0 Å². The first-order valence-corrected chi connectivity index (χ1v) is 9.12. The molecule has 0 atom stereocenters.